The van der Waals surface area contributed by atoms with Gasteiger partial charge in [0, 0.05) is 17.7 Å². The van der Waals surface area contributed by atoms with E-state index >= 15 is 0 Å². The van der Waals surface area contributed by atoms with Crippen LogP contribution in [0.5, 0.6) is 5.75 Å². The maximum atomic E-state index is 9.24. The van der Waals surface area contributed by atoms with Gasteiger partial charge in [0.2, 0.25) is 5.88 Å². The van der Waals surface area contributed by atoms with E-state index in [1.807, 2.05) is 54.6 Å². The van der Waals surface area contributed by atoms with Crippen LogP contribution in [-0.2, 0) is 6.42 Å². The van der Waals surface area contributed by atoms with Crippen molar-refractivity contribution in [2.45, 2.75) is 6.42 Å². The van der Waals surface area contributed by atoms with Crippen molar-refractivity contribution in [2.75, 3.05) is 5.32 Å². The zero-order valence-electron chi connectivity index (χ0n) is 10.3. The normalized spacial score (nSPS) is 13.2. The molecule has 19 heavy (non-hydrogen) atoms. The highest BCUT2D eigenvalue weighted by atomic mass is 16.5. The van der Waals surface area contributed by atoms with E-state index in [9.17, 15) is 5.26 Å². The summed E-state index contributed by atoms with van der Waals surface area (Å²) in [4.78, 5) is 0. The van der Waals surface area contributed by atoms with Gasteiger partial charge in [-0.25, -0.2) is 0 Å². The van der Waals surface area contributed by atoms with Crippen LogP contribution in [0.25, 0.3) is 0 Å². The molecule has 1 aliphatic rings. The predicted molar refractivity (Wildman–Crippen MR) is 73.5 cm³/mol. The van der Waals surface area contributed by atoms with E-state index in [1.165, 1.54) is 0 Å². The van der Waals surface area contributed by atoms with E-state index in [-0.39, 0.29) is 0 Å². The Kier molecular flexibility index (Phi) is 2.91. The van der Waals surface area contributed by atoms with Crippen molar-refractivity contribution in [3.05, 3.63) is 71.6 Å². The highest BCUT2D eigenvalue weighted by molar-refractivity contribution is 5.53. The summed E-state index contributed by atoms with van der Waals surface area (Å²) in [6.45, 7) is 0. The number of nitriles is 1. The summed E-state index contributed by atoms with van der Waals surface area (Å²) in [5.74, 6) is 1.33. The number of hydrogen-bond donors (Lipinski definition) is 1. The van der Waals surface area contributed by atoms with Gasteiger partial charge in [-0.15, -0.1) is 0 Å². The van der Waals surface area contributed by atoms with E-state index in [0.29, 0.717) is 17.9 Å². The molecule has 0 fully saturated rings. The first-order valence-corrected chi connectivity index (χ1v) is 6.08. The van der Waals surface area contributed by atoms with Gasteiger partial charge in [0.25, 0.3) is 0 Å². The predicted octanol–water partition coefficient (Wildman–Crippen LogP) is 3.47. The fourth-order valence-electron chi connectivity index (χ4n) is 2.04. The lowest BCUT2D eigenvalue weighted by Crippen LogP contribution is -2.16. The molecule has 0 saturated carbocycles. The van der Waals surface area contributed by atoms with E-state index in [2.05, 4.69) is 11.4 Å². The van der Waals surface area contributed by atoms with Crippen molar-refractivity contribution in [1.82, 2.24) is 0 Å². The molecule has 0 spiro atoms. The molecule has 3 rings (SSSR count). The summed E-state index contributed by atoms with van der Waals surface area (Å²) in [7, 11) is 0. The lowest BCUT2D eigenvalue weighted by molar-refractivity contribution is 0.412. The van der Waals surface area contributed by atoms with Gasteiger partial charge in [0.1, 0.15) is 11.8 Å². The van der Waals surface area contributed by atoms with Gasteiger partial charge in [-0.2, -0.15) is 5.26 Å². The average Bonchev–Trinajstić information content (AvgIpc) is 2.47. The summed E-state index contributed by atoms with van der Waals surface area (Å²) in [5.41, 5.74) is 2.56. The molecular formula is C16H12N2O. The first-order chi connectivity index (χ1) is 9.36. The quantitative estimate of drug-likeness (QED) is 0.885. The lowest BCUT2D eigenvalue weighted by atomic mass is 10.0. The fraction of sp³-hybridized carbons (Fsp3) is 0.0625. The number of nitrogens with zero attached hydrogens (tertiary/aromatic N) is 1. The van der Waals surface area contributed by atoms with Crippen LogP contribution in [0.4, 0.5) is 5.69 Å². The summed E-state index contributed by atoms with van der Waals surface area (Å²) >= 11 is 0. The van der Waals surface area contributed by atoms with Crippen molar-refractivity contribution < 1.29 is 4.74 Å². The van der Waals surface area contributed by atoms with Crippen molar-refractivity contribution in [1.29, 1.82) is 5.26 Å². The molecule has 0 radical (unpaired) electrons. The van der Waals surface area contributed by atoms with Crippen LogP contribution < -0.4 is 10.1 Å². The molecule has 1 heterocycles. The Morgan fingerprint density at radius 1 is 1.00 bits per heavy atom. The van der Waals surface area contributed by atoms with Crippen LogP contribution >= 0.6 is 0 Å². The number of ether oxygens (including phenoxy) is 1. The number of benzene rings is 2. The minimum Gasteiger partial charge on any atom is -0.440 e. The first-order valence-electron chi connectivity index (χ1n) is 6.08. The highest BCUT2D eigenvalue weighted by Crippen LogP contribution is 2.30. The highest BCUT2D eigenvalue weighted by Gasteiger charge is 2.19. The smallest absolute Gasteiger partial charge is 0.211 e. The van der Waals surface area contributed by atoms with Crippen LogP contribution in [0.1, 0.15) is 5.56 Å². The molecule has 92 valence electrons. The minimum absolute atomic E-state index is 0.521. The van der Waals surface area contributed by atoms with Crippen LogP contribution in [-0.4, -0.2) is 0 Å². The van der Waals surface area contributed by atoms with Crippen molar-refractivity contribution in [3.63, 3.8) is 0 Å². The monoisotopic (exact) mass is 248 g/mol. The van der Waals surface area contributed by atoms with Gasteiger partial charge in [0.15, 0.2) is 0 Å². The van der Waals surface area contributed by atoms with Crippen molar-refractivity contribution in [3.8, 4) is 11.8 Å². The number of rotatable bonds is 2. The van der Waals surface area contributed by atoms with Crippen LogP contribution in [0.15, 0.2) is 66.1 Å². The second-order valence-corrected chi connectivity index (χ2v) is 4.30. The zero-order valence-corrected chi connectivity index (χ0v) is 10.3. The summed E-state index contributed by atoms with van der Waals surface area (Å²) in [6.07, 6.45) is 0.599. The molecule has 0 saturated heterocycles. The molecule has 0 amide bonds. The molecule has 0 aromatic heterocycles. The fourth-order valence-corrected chi connectivity index (χ4v) is 2.04. The third-order valence-electron chi connectivity index (χ3n) is 2.99. The second kappa shape index (κ2) is 4.87. The number of nitrogens with one attached hydrogen (secondary N) is 1. The number of para-hydroxylation sites is 2. The molecule has 0 bridgehead atoms. The maximum absolute atomic E-state index is 9.24. The molecule has 0 atom stereocenters. The molecule has 3 nitrogen and oxygen atoms in total. The van der Waals surface area contributed by atoms with Gasteiger partial charge >= 0.3 is 0 Å². The van der Waals surface area contributed by atoms with Gasteiger partial charge in [-0.05, 0) is 18.2 Å². The molecule has 1 N–H and O–H groups in total. The van der Waals surface area contributed by atoms with Crippen molar-refractivity contribution in [2.24, 2.45) is 0 Å². The van der Waals surface area contributed by atoms with Gasteiger partial charge < -0.3 is 10.1 Å². The molecule has 3 heteroatoms. The molecule has 2 aromatic carbocycles. The third-order valence-corrected chi connectivity index (χ3v) is 2.99. The second-order valence-electron chi connectivity index (χ2n) is 4.30. The number of fused-ring (bicyclic) bond motifs is 1. The van der Waals surface area contributed by atoms with E-state index in [1.54, 1.807) is 0 Å². The lowest BCUT2D eigenvalue weighted by Gasteiger charge is -2.21. The Balaban J connectivity index is 1.92. The summed E-state index contributed by atoms with van der Waals surface area (Å²) in [6, 6.07) is 19.7. The number of hydrogen-bond acceptors (Lipinski definition) is 3. The standard InChI is InChI=1S/C16H12N2O/c17-11-13-10-12-6-4-5-9-15(12)19-16(13)18-14-7-2-1-3-8-14/h1-9,18H,10H2. The molecule has 1 aliphatic heterocycles. The largest absolute Gasteiger partial charge is 0.440 e. The maximum Gasteiger partial charge on any atom is 0.211 e. The van der Waals surface area contributed by atoms with Crippen LogP contribution in [0.2, 0.25) is 0 Å². The Morgan fingerprint density at radius 3 is 2.53 bits per heavy atom. The van der Waals surface area contributed by atoms with Crippen LogP contribution in [0, 0.1) is 11.3 Å². The summed E-state index contributed by atoms with van der Waals surface area (Å²) < 4.78 is 5.79. The topological polar surface area (TPSA) is 45.0 Å². The van der Waals surface area contributed by atoms with Gasteiger partial charge in [0.05, 0.1) is 5.57 Å². The third kappa shape index (κ3) is 2.29. The number of anilines is 1. The zero-order chi connectivity index (χ0) is 13.1. The SMILES string of the molecule is N#CC1=C(Nc2ccccc2)Oc2ccccc2C1. The summed E-state index contributed by atoms with van der Waals surface area (Å²) in [5, 5.41) is 12.4. The molecule has 2 aromatic rings. The molecule has 0 unspecified atom stereocenters. The minimum atomic E-state index is 0.521. The van der Waals surface area contributed by atoms with E-state index in [4.69, 9.17) is 4.74 Å². The molecular weight excluding hydrogens is 236 g/mol. The number of allylic oxidation sites excluding steroid dienone is 1. The average molecular weight is 248 g/mol. The first kappa shape index (κ1) is 11.4. The van der Waals surface area contributed by atoms with E-state index in [0.717, 1.165) is 17.0 Å². The van der Waals surface area contributed by atoms with Gasteiger partial charge in [-0.3, -0.25) is 0 Å². The van der Waals surface area contributed by atoms with Gasteiger partial charge in [-0.1, -0.05) is 36.4 Å². The Morgan fingerprint density at radius 2 is 1.74 bits per heavy atom. The Hall–Kier alpha value is -2.73. The van der Waals surface area contributed by atoms with Crippen molar-refractivity contribution >= 4 is 5.69 Å². The van der Waals surface area contributed by atoms with E-state index < -0.39 is 0 Å². The van der Waals surface area contributed by atoms with Crippen LogP contribution in [0.3, 0.4) is 0 Å². The molecule has 0 aliphatic carbocycles. The Labute approximate surface area is 111 Å². The Bertz CT molecular complexity index is 669.